The molecule has 0 radical (unpaired) electrons. The Balaban J connectivity index is 1.48. The number of anilines is 1. The van der Waals surface area contributed by atoms with Gasteiger partial charge in [0, 0.05) is 46.0 Å². The van der Waals surface area contributed by atoms with Gasteiger partial charge in [-0.2, -0.15) is 0 Å². The van der Waals surface area contributed by atoms with E-state index in [1.165, 1.54) is 17.7 Å². The summed E-state index contributed by atoms with van der Waals surface area (Å²) in [4.78, 5) is 9.09. The third-order valence-electron chi connectivity index (χ3n) is 4.79. The van der Waals surface area contributed by atoms with E-state index < -0.39 is 0 Å². The fourth-order valence-corrected chi connectivity index (χ4v) is 3.43. The van der Waals surface area contributed by atoms with Crippen molar-refractivity contribution in [3.05, 3.63) is 66.2 Å². The Labute approximate surface area is 151 Å². The second-order valence-corrected chi connectivity index (χ2v) is 6.71. The Morgan fingerprint density at radius 2 is 1.80 bits per heavy atom. The third-order valence-corrected chi connectivity index (χ3v) is 4.79. The molecule has 0 aromatic heterocycles. The van der Waals surface area contributed by atoms with E-state index in [1.54, 1.807) is 0 Å². The minimum atomic E-state index is 0.655. The Morgan fingerprint density at radius 3 is 2.48 bits per heavy atom. The predicted octanol–water partition coefficient (Wildman–Crippen LogP) is 3.22. The van der Waals surface area contributed by atoms with E-state index in [1.807, 2.05) is 7.05 Å². The van der Waals surface area contributed by atoms with Gasteiger partial charge in [-0.05, 0) is 30.0 Å². The SMILES string of the molecule is CN=C(NCC1CCN(c2ccccc2)C1)N(C)Cc1ccccc1. The Hall–Kier alpha value is -2.49. The normalized spacial score (nSPS) is 17.6. The van der Waals surface area contributed by atoms with Crippen LogP contribution in [0.15, 0.2) is 65.7 Å². The lowest BCUT2D eigenvalue weighted by Gasteiger charge is -2.24. The zero-order chi connectivity index (χ0) is 17.5. The van der Waals surface area contributed by atoms with Gasteiger partial charge in [-0.1, -0.05) is 48.5 Å². The molecule has 0 spiro atoms. The number of benzene rings is 2. The lowest BCUT2D eigenvalue weighted by atomic mass is 10.1. The monoisotopic (exact) mass is 336 g/mol. The topological polar surface area (TPSA) is 30.9 Å². The number of para-hydroxylation sites is 1. The molecule has 1 unspecified atom stereocenters. The molecule has 1 saturated heterocycles. The van der Waals surface area contributed by atoms with Gasteiger partial charge < -0.3 is 15.1 Å². The first kappa shape index (κ1) is 17.3. The molecule has 1 atom stereocenters. The standard InChI is InChI=1S/C21H28N4/c1-22-21(24(2)16-18-9-5-3-6-10-18)23-15-19-13-14-25(17-19)20-11-7-4-8-12-20/h3-12,19H,13-17H2,1-2H3,(H,22,23). The molecule has 0 bridgehead atoms. The molecule has 0 aliphatic carbocycles. The van der Waals surface area contributed by atoms with E-state index >= 15 is 0 Å². The van der Waals surface area contributed by atoms with E-state index in [9.17, 15) is 0 Å². The van der Waals surface area contributed by atoms with Gasteiger partial charge in [0.15, 0.2) is 5.96 Å². The molecule has 1 N–H and O–H groups in total. The fraction of sp³-hybridized carbons (Fsp3) is 0.381. The first-order valence-corrected chi connectivity index (χ1v) is 9.02. The summed E-state index contributed by atoms with van der Waals surface area (Å²) in [5.74, 6) is 1.61. The van der Waals surface area contributed by atoms with E-state index in [0.29, 0.717) is 5.92 Å². The number of guanidine groups is 1. The van der Waals surface area contributed by atoms with Gasteiger partial charge in [0.1, 0.15) is 0 Å². The van der Waals surface area contributed by atoms with E-state index in [2.05, 4.69) is 87.8 Å². The first-order chi connectivity index (χ1) is 12.3. The Bertz CT molecular complexity index is 669. The third kappa shape index (κ3) is 4.75. The van der Waals surface area contributed by atoms with Crippen molar-refractivity contribution in [1.29, 1.82) is 0 Å². The van der Waals surface area contributed by atoms with Crippen molar-refractivity contribution in [2.75, 3.05) is 38.6 Å². The molecule has 1 aliphatic rings. The quantitative estimate of drug-likeness (QED) is 0.672. The molecule has 3 rings (SSSR count). The molecular formula is C21H28N4. The highest BCUT2D eigenvalue weighted by Crippen LogP contribution is 2.22. The molecule has 1 heterocycles. The van der Waals surface area contributed by atoms with Gasteiger partial charge in [0.25, 0.3) is 0 Å². The largest absolute Gasteiger partial charge is 0.371 e. The van der Waals surface area contributed by atoms with Crippen LogP contribution in [0, 0.1) is 5.92 Å². The van der Waals surface area contributed by atoms with E-state index in [-0.39, 0.29) is 0 Å². The minimum Gasteiger partial charge on any atom is -0.371 e. The fourth-order valence-electron chi connectivity index (χ4n) is 3.43. The summed E-state index contributed by atoms with van der Waals surface area (Å²) >= 11 is 0. The first-order valence-electron chi connectivity index (χ1n) is 9.02. The maximum Gasteiger partial charge on any atom is 0.193 e. The highest BCUT2D eigenvalue weighted by molar-refractivity contribution is 5.79. The number of aliphatic imine (C=N–C) groups is 1. The van der Waals surface area contributed by atoms with E-state index in [0.717, 1.165) is 32.1 Å². The molecule has 4 heteroatoms. The number of hydrogen-bond acceptors (Lipinski definition) is 2. The van der Waals surface area contributed by atoms with Crippen LogP contribution in [0.1, 0.15) is 12.0 Å². The van der Waals surface area contributed by atoms with E-state index in [4.69, 9.17) is 0 Å². The van der Waals surface area contributed by atoms with Crippen LogP contribution >= 0.6 is 0 Å². The van der Waals surface area contributed by atoms with Crippen LogP contribution < -0.4 is 10.2 Å². The van der Waals surface area contributed by atoms with Gasteiger partial charge in [-0.3, -0.25) is 4.99 Å². The molecule has 25 heavy (non-hydrogen) atoms. The van der Waals surface area contributed by atoms with Crippen LogP contribution in [0.3, 0.4) is 0 Å². The maximum atomic E-state index is 4.44. The summed E-state index contributed by atoms with van der Waals surface area (Å²) < 4.78 is 0. The van der Waals surface area contributed by atoms with Crippen molar-refractivity contribution in [2.24, 2.45) is 10.9 Å². The van der Waals surface area contributed by atoms with Gasteiger partial charge in [-0.25, -0.2) is 0 Å². The summed E-state index contributed by atoms with van der Waals surface area (Å²) in [5, 5.41) is 3.55. The summed E-state index contributed by atoms with van der Waals surface area (Å²) in [6.07, 6.45) is 1.22. The molecule has 4 nitrogen and oxygen atoms in total. The highest BCUT2D eigenvalue weighted by Gasteiger charge is 2.23. The van der Waals surface area contributed by atoms with Crippen LogP contribution in [-0.4, -0.2) is 44.6 Å². The van der Waals surface area contributed by atoms with Crippen LogP contribution in [0.5, 0.6) is 0 Å². The number of nitrogens with zero attached hydrogens (tertiary/aromatic N) is 3. The zero-order valence-corrected chi connectivity index (χ0v) is 15.2. The lowest BCUT2D eigenvalue weighted by molar-refractivity contribution is 0.462. The number of nitrogens with one attached hydrogen (secondary N) is 1. The lowest BCUT2D eigenvalue weighted by Crippen LogP contribution is -2.41. The highest BCUT2D eigenvalue weighted by atomic mass is 15.3. The van der Waals surface area contributed by atoms with Crippen LogP contribution in [0.4, 0.5) is 5.69 Å². The Kier molecular flexibility index (Phi) is 5.94. The molecule has 0 amide bonds. The molecule has 1 aliphatic heterocycles. The smallest absolute Gasteiger partial charge is 0.193 e. The van der Waals surface area contributed by atoms with Crippen molar-refractivity contribution < 1.29 is 0 Å². The second kappa shape index (κ2) is 8.56. The molecule has 132 valence electrons. The molecular weight excluding hydrogens is 308 g/mol. The summed E-state index contributed by atoms with van der Waals surface area (Å²) in [6, 6.07) is 21.2. The van der Waals surface area contributed by atoms with Crippen molar-refractivity contribution in [3.63, 3.8) is 0 Å². The van der Waals surface area contributed by atoms with Crippen LogP contribution in [0.25, 0.3) is 0 Å². The van der Waals surface area contributed by atoms with Crippen molar-refractivity contribution in [3.8, 4) is 0 Å². The average Bonchev–Trinajstić information content (AvgIpc) is 3.13. The van der Waals surface area contributed by atoms with Gasteiger partial charge in [0.05, 0.1) is 0 Å². The van der Waals surface area contributed by atoms with Crippen molar-refractivity contribution in [1.82, 2.24) is 10.2 Å². The average molecular weight is 336 g/mol. The summed E-state index contributed by atoms with van der Waals surface area (Å²) in [5.41, 5.74) is 2.62. The zero-order valence-electron chi connectivity index (χ0n) is 15.2. The maximum absolute atomic E-state index is 4.44. The number of rotatable bonds is 5. The molecule has 2 aromatic carbocycles. The van der Waals surface area contributed by atoms with Crippen molar-refractivity contribution >= 4 is 11.6 Å². The van der Waals surface area contributed by atoms with Crippen LogP contribution in [0.2, 0.25) is 0 Å². The minimum absolute atomic E-state index is 0.655. The number of hydrogen-bond donors (Lipinski definition) is 1. The molecule has 0 saturated carbocycles. The summed E-state index contributed by atoms with van der Waals surface area (Å²) in [6.45, 7) is 4.07. The molecule has 1 fully saturated rings. The van der Waals surface area contributed by atoms with Crippen LogP contribution in [-0.2, 0) is 6.54 Å². The molecule has 2 aromatic rings. The van der Waals surface area contributed by atoms with Crippen molar-refractivity contribution in [2.45, 2.75) is 13.0 Å². The van der Waals surface area contributed by atoms with Gasteiger partial charge >= 0.3 is 0 Å². The van der Waals surface area contributed by atoms with Gasteiger partial charge in [0.2, 0.25) is 0 Å². The second-order valence-electron chi connectivity index (χ2n) is 6.71. The van der Waals surface area contributed by atoms with Gasteiger partial charge in [-0.15, -0.1) is 0 Å². The Morgan fingerprint density at radius 1 is 1.12 bits per heavy atom. The summed E-state index contributed by atoms with van der Waals surface area (Å²) in [7, 11) is 3.95. The predicted molar refractivity (Wildman–Crippen MR) is 106 cm³/mol.